The van der Waals surface area contributed by atoms with Crippen LogP contribution in [-0.4, -0.2) is 46.5 Å². The zero-order chi connectivity index (χ0) is 16.6. The molecule has 126 valence electrons. The van der Waals surface area contributed by atoms with Crippen LogP contribution in [0.1, 0.15) is 44.0 Å². The van der Waals surface area contributed by atoms with Crippen LogP contribution >= 0.6 is 0 Å². The number of aromatic amines is 1. The van der Waals surface area contributed by atoms with Gasteiger partial charge in [-0.15, -0.1) is 0 Å². The molecule has 1 aromatic carbocycles. The lowest BCUT2D eigenvalue weighted by Crippen LogP contribution is -2.54. The van der Waals surface area contributed by atoms with E-state index in [0.717, 1.165) is 6.54 Å². The lowest BCUT2D eigenvalue weighted by molar-refractivity contribution is 0.0458. The van der Waals surface area contributed by atoms with Crippen molar-refractivity contribution in [3.8, 4) is 0 Å². The number of rotatable bonds is 4. The molecule has 0 amide bonds. The Labute approximate surface area is 140 Å². The van der Waals surface area contributed by atoms with E-state index >= 15 is 0 Å². The minimum Gasteiger partial charge on any atom is -0.358 e. The number of piperazine rings is 1. The molecule has 1 aliphatic heterocycles. The second-order valence-corrected chi connectivity index (χ2v) is 7.34. The SMILES string of the molecule is CCC1CN(Cc2cccc3c(C)c(C)[nH]c23)CCN1C(C)C. The molecule has 1 atom stereocenters. The Bertz CT molecular complexity index is 671. The van der Waals surface area contributed by atoms with Gasteiger partial charge in [0.25, 0.3) is 0 Å². The first kappa shape index (κ1) is 16.5. The maximum Gasteiger partial charge on any atom is 0.0504 e. The highest BCUT2D eigenvalue weighted by Crippen LogP contribution is 2.26. The Balaban J connectivity index is 1.79. The number of para-hydroxylation sites is 1. The molecule has 0 aliphatic carbocycles. The average molecular weight is 313 g/mol. The van der Waals surface area contributed by atoms with E-state index in [4.69, 9.17) is 0 Å². The van der Waals surface area contributed by atoms with Gasteiger partial charge in [-0.1, -0.05) is 25.1 Å². The zero-order valence-corrected chi connectivity index (χ0v) is 15.3. The van der Waals surface area contributed by atoms with E-state index in [2.05, 4.69) is 67.6 Å². The Hall–Kier alpha value is -1.32. The molecule has 2 aromatic rings. The quantitative estimate of drug-likeness (QED) is 0.918. The number of nitrogens with zero attached hydrogens (tertiary/aromatic N) is 2. The predicted molar refractivity (Wildman–Crippen MR) is 99.0 cm³/mol. The second-order valence-electron chi connectivity index (χ2n) is 7.34. The third-order valence-corrected chi connectivity index (χ3v) is 5.57. The van der Waals surface area contributed by atoms with Crippen molar-refractivity contribution in [3.63, 3.8) is 0 Å². The van der Waals surface area contributed by atoms with Crippen LogP contribution < -0.4 is 0 Å². The highest BCUT2D eigenvalue weighted by molar-refractivity contribution is 5.87. The van der Waals surface area contributed by atoms with E-state index in [9.17, 15) is 0 Å². The summed E-state index contributed by atoms with van der Waals surface area (Å²) < 4.78 is 0. The van der Waals surface area contributed by atoms with Crippen LogP contribution in [0.5, 0.6) is 0 Å². The molecule has 3 nitrogen and oxygen atoms in total. The van der Waals surface area contributed by atoms with Gasteiger partial charge in [0.2, 0.25) is 0 Å². The number of aryl methyl sites for hydroxylation is 2. The van der Waals surface area contributed by atoms with Crippen molar-refractivity contribution < 1.29 is 0 Å². The van der Waals surface area contributed by atoms with Gasteiger partial charge < -0.3 is 4.98 Å². The number of benzene rings is 1. The van der Waals surface area contributed by atoms with E-state index < -0.39 is 0 Å². The van der Waals surface area contributed by atoms with E-state index in [1.165, 1.54) is 53.8 Å². The zero-order valence-electron chi connectivity index (χ0n) is 15.3. The monoisotopic (exact) mass is 313 g/mol. The molecule has 0 radical (unpaired) electrons. The summed E-state index contributed by atoms with van der Waals surface area (Å²) in [7, 11) is 0. The standard InChI is InChI=1S/C20H31N3/c1-6-18-13-22(10-11-23(18)14(2)3)12-17-8-7-9-19-15(4)16(5)21-20(17)19/h7-9,14,18,21H,6,10-13H2,1-5H3. The van der Waals surface area contributed by atoms with Crippen molar-refractivity contribution in [3.05, 3.63) is 35.0 Å². The Morgan fingerprint density at radius 3 is 2.70 bits per heavy atom. The number of aromatic nitrogens is 1. The minimum absolute atomic E-state index is 0.652. The van der Waals surface area contributed by atoms with Gasteiger partial charge in [-0.3, -0.25) is 9.80 Å². The van der Waals surface area contributed by atoms with Crippen molar-refractivity contribution >= 4 is 10.9 Å². The minimum atomic E-state index is 0.652. The van der Waals surface area contributed by atoms with Crippen LogP contribution in [0.4, 0.5) is 0 Å². The number of hydrogen-bond donors (Lipinski definition) is 1. The molecule has 1 fully saturated rings. The molecule has 1 unspecified atom stereocenters. The van der Waals surface area contributed by atoms with Crippen LogP contribution in [0.25, 0.3) is 10.9 Å². The fraction of sp³-hybridized carbons (Fsp3) is 0.600. The fourth-order valence-electron chi connectivity index (χ4n) is 4.04. The van der Waals surface area contributed by atoms with Crippen LogP contribution in [0.2, 0.25) is 0 Å². The Morgan fingerprint density at radius 1 is 1.22 bits per heavy atom. The van der Waals surface area contributed by atoms with Gasteiger partial charge in [0.05, 0.1) is 5.52 Å². The summed E-state index contributed by atoms with van der Waals surface area (Å²) in [6.07, 6.45) is 1.24. The molecule has 0 saturated carbocycles. The van der Waals surface area contributed by atoms with E-state index in [-0.39, 0.29) is 0 Å². The lowest BCUT2D eigenvalue weighted by atomic mass is 10.0. The topological polar surface area (TPSA) is 22.3 Å². The van der Waals surface area contributed by atoms with Gasteiger partial charge in [-0.25, -0.2) is 0 Å². The highest BCUT2D eigenvalue weighted by Gasteiger charge is 2.27. The maximum absolute atomic E-state index is 3.60. The third kappa shape index (κ3) is 3.17. The number of hydrogen-bond acceptors (Lipinski definition) is 2. The Morgan fingerprint density at radius 2 is 2.00 bits per heavy atom. The van der Waals surface area contributed by atoms with E-state index in [0.29, 0.717) is 12.1 Å². The summed E-state index contributed by atoms with van der Waals surface area (Å²) in [6, 6.07) is 8.07. The molecule has 3 rings (SSSR count). The van der Waals surface area contributed by atoms with Gasteiger partial charge in [-0.05, 0) is 45.2 Å². The molecular formula is C20H31N3. The molecule has 1 aromatic heterocycles. The molecule has 23 heavy (non-hydrogen) atoms. The maximum atomic E-state index is 3.60. The van der Waals surface area contributed by atoms with E-state index in [1.54, 1.807) is 0 Å². The van der Waals surface area contributed by atoms with Crippen molar-refractivity contribution in [1.82, 2.24) is 14.8 Å². The second kappa shape index (κ2) is 6.66. The highest BCUT2D eigenvalue weighted by atomic mass is 15.3. The van der Waals surface area contributed by atoms with Crippen molar-refractivity contribution in [2.45, 2.75) is 59.7 Å². The first-order valence-electron chi connectivity index (χ1n) is 9.06. The number of fused-ring (bicyclic) bond motifs is 1. The smallest absolute Gasteiger partial charge is 0.0504 e. The number of nitrogens with one attached hydrogen (secondary N) is 1. The summed E-state index contributed by atoms with van der Waals surface area (Å²) in [6.45, 7) is 16.0. The van der Waals surface area contributed by atoms with Crippen molar-refractivity contribution in [1.29, 1.82) is 0 Å². The first-order chi connectivity index (χ1) is 11.0. The normalized spacial score (nSPS) is 20.7. The van der Waals surface area contributed by atoms with Crippen molar-refractivity contribution in [2.24, 2.45) is 0 Å². The van der Waals surface area contributed by atoms with Gasteiger partial charge in [0.15, 0.2) is 0 Å². The predicted octanol–water partition coefficient (Wildman–Crippen LogP) is 4.09. The van der Waals surface area contributed by atoms with E-state index in [1.807, 2.05) is 0 Å². The summed E-state index contributed by atoms with van der Waals surface area (Å²) in [5, 5.41) is 1.38. The van der Waals surface area contributed by atoms with Gasteiger partial charge >= 0.3 is 0 Å². The molecule has 0 spiro atoms. The van der Waals surface area contributed by atoms with Gasteiger partial charge in [0.1, 0.15) is 0 Å². The van der Waals surface area contributed by atoms with Gasteiger partial charge in [0, 0.05) is 49.3 Å². The third-order valence-electron chi connectivity index (χ3n) is 5.57. The molecular weight excluding hydrogens is 282 g/mol. The summed E-state index contributed by atoms with van der Waals surface area (Å²) in [5.41, 5.74) is 5.45. The molecule has 2 heterocycles. The summed E-state index contributed by atoms with van der Waals surface area (Å²) in [4.78, 5) is 8.90. The molecule has 1 aliphatic rings. The largest absolute Gasteiger partial charge is 0.358 e. The van der Waals surface area contributed by atoms with Gasteiger partial charge in [-0.2, -0.15) is 0 Å². The first-order valence-corrected chi connectivity index (χ1v) is 9.06. The fourth-order valence-corrected chi connectivity index (χ4v) is 4.04. The summed E-state index contributed by atoms with van der Waals surface area (Å²) in [5.74, 6) is 0. The number of H-pyrrole nitrogens is 1. The van der Waals surface area contributed by atoms with Crippen LogP contribution in [0.15, 0.2) is 18.2 Å². The van der Waals surface area contributed by atoms with Crippen LogP contribution in [0.3, 0.4) is 0 Å². The molecule has 1 N–H and O–H groups in total. The Kier molecular flexibility index (Phi) is 4.79. The lowest BCUT2D eigenvalue weighted by Gasteiger charge is -2.43. The van der Waals surface area contributed by atoms with Crippen molar-refractivity contribution in [2.75, 3.05) is 19.6 Å². The molecule has 1 saturated heterocycles. The summed E-state index contributed by atoms with van der Waals surface area (Å²) >= 11 is 0. The van der Waals surface area contributed by atoms with Crippen LogP contribution in [0, 0.1) is 13.8 Å². The molecule has 3 heteroatoms. The average Bonchev–Trinajstić information content (AvgIpc) is 2.83. The molecule has 0 bridgehead atoms. The van der Waals surface area contributed by atoms with Crippen LogP contribution in [-0.2, 0) is 6.54 Å².